The number of hydrogen-bond donors (Lipinski definition) is 1. The first-order chi connectivity index (χ1) is 10.9. The Morgan fingerprint density at radius 2 is 1.77 bits per heavy atom. The van der Waals surface area contributed by atoms with Gasteiger partial charge in [-0.3, -0.25) is 4.40 Å². The molecular weight excluding hydrogens is 292 g/mol. The molecule has 0 radical (unpaired) electrons. The molecule has 4 heteroatoms. The van der Waals surface area contributed by atoms with Crippen LogP contribution in [0.3, 0.4) is 0 Å². The van der Waals surface area contributed by atoms with Crippen molar-refractivity contribution in [1.82, 2.24) is 9.38 Å². The second kappa shape index (κ2) is 5.40. The lowest BCUT2D eigenvalue weighted by molar-refractivity contribution is 0.285. The zero-order valence-electron chi connectivity index (χ0n) is 11.8. The first kappa shape index (κ1) is 13.2. The topological polar surface area (TPSA) is 37.5 Å². The lowest BCUT2D eigenvalue weighted by Crippen LogP contribution is -1.85. The maximum absolute atomic E-state index is 9.28. The summed E-state index contributed by atoms with van der Waals surface area (Å²) in [4.78, 5) is 6.88. The van der Waals surface area contributed by atoms with Crippen molar-refractivity contribution in [2.45, 2.75) is 6.61 Å². The van der Waals surface area contributed by atoms with E-state index in [1.807, 2.05) is 48.7 Å². The number of nitrogens with zero attached hydrogens (tertiary/aromatic N) is 2. The summed E-state index contributed by atoms with van der Waals surface area (Å²) in [5.74, 6) is 0.916. The lowest BCUT2D eigenvalue weighted by atomic mass is 10.1. The van der Waals surface area contributed by atoms with E-state index < -0.39 is 0 Å². The molecule has 0 spiro atoms. The first-order valence-corrected chi connectivity index (χ1v) is 7.91. The maximum Gasteiger partial charge on any atom is 0.155 e. The van der Waals surface area contributed by atoms with Crippen molar-refractivity contribution in [3.8, 4) is 22.0 Å². The summed E-state index contributed by atoms with van der Waals surface area (Å²) in [6, 6.07) is 20.3. The molecule has 0 fully saturated rings. The van der Waals surface area contributed by atoms with Crippen molar-refractivity contribution in [1.29, 1.82) is 0 Å². The van der Waals surface area contributed by atoms with Crippen LogP contribution in [0.25, 0.3) is 27.5 Å². The molecule has 108 valence electrons. The maximum atomic E-state index is 9.28. The summed E-state index contributed by atoms with van der Waals surface area (Å²) in [6.07, 6.45) is 2.03. The highest BCUT2D eigenvalue weighted by Gasteiger charge is 2.15. The predicted molar refractivity (Wildman–Crippen MR) is 89.9 cm³/mol. The molecule has 3 nitrogen and oxygen atoms in total. The summed E-state index contributed by atoms with van der Waals surface area (Å²) in [5, 5.41) is 9.28. The van der Waals surface area contributed by atoms with Gasteiger partial charge in [0, 0.05) is 16.6 Å². The van der Waals surface area contributed by atoms with Crippen LogP contribution in [-0.2, 0) is 6.61 Å². The number of aromatic nitrogens is 2. The fraction of sp³-hybridized carbons (Fsp3) is 0.0556. The second-order valence-corrected chi connectivity index (χ2v) is 6.20. The minimum absolute atomic E-state index is 0.0690. The van der Waals surface area contributed by atoms with E-state index in [2.05, 4.69) is 22.6 Å². The van der Waals surface area contributed by atoms with Crippen LogP contribution >= 0.6 is 11.3 Å². The Bertz CT molecular complexity index is 925. The molecule has 1 N–H and O–H groups in total. The van der Waals surface area contributed by atoms with Crippen molar-refractivity contribution in [3.05, 3.63) is 71.7 Å². The SMILES string of the molecule is OCc1ccc(-c2nc(-c3ccccc3)c3ccccn23)s1. The van der Waals surface area contributed by atoms with E-state index in [0.29, 0.717) is 0 Å². The van der Waals surface area contributed by atoms with E-state index in [1.54, 1.807) is 11.3 Å². The van der Waals surface area contributed by atoms with E-state index in [0.717, 1.165) is 32.4 Å². The number of pyridine rings is 1. The summed E-state index contributed by atoms with van der Waals surface area (Å²) in [7, 11) is 0. The smallest absolute Gasteiger partial charge is 0.155 e. The van der Waals surface area contributed by atoms with Gasteiger partial charge in [0.25, 0.3) is 0 Å². The molecule has 22 heavy (non-hydrogen) atoms. The van der Waals surface area contributed by atoms with Gasteiger partial charge >= 0.3 is 0 Å². The number of fused-ring (bicyclic) bond motifs is 1. The third-order valence-electron chi connectivity index (χ3n) is 3.63. The molecule has 0 aliphatic heterocycles. The molecule has 0 saturated carbocycles. The van der Waals surface area contributed by atoms with Crippen molar-refractivity contribution < 1.29 is 5.11 Å². The quantitative estimate of drug-likeness (QED) is 0.615. The predicted octanol–water partition coefficient (Wildman–Crippen LogP) is 4.22. The standard InChI is InChI=1S/C18H14N2OS/c21-12-14-9-10-16(22-14)18-19-17(13-6-2-1-3-7-13)15-8-4-5-11-20(15)18/h1-11,21H,12H2. The molecule has 3 aromatic heterocycles. The number of thiophene rings is 1. The van der Waals surface area contributed by atoms with Crippen LogP contribution in [0.2, 0.25) is 0 Å². The number of hydrogen-bond acceptors (Lipinski definition) is 3. The molecule has 4 rings (SSSR count). The Kier molecular flexibility index (Phi) is 3.25. The fourth-order valence-corrected chi connectivity index (χ4v) is 3.46. The lowest BCUT2D eigenvalue weighted by Gasteiger charge is -1.98. The molecule has 0 unspecified atom stereocenters. The Hall–Kier alpha value is -2.43. The number of imidazole rings is 1. The first-order valence-electron chi connectivity index (χ1n) is 7.09. The molecule has 4 aromatic rings. The third-order valence-corrected chi connectivity index (χ3v) is 4.70. The summed E-state index contributed by atoms with van der Waals surface area (Å²) < 4.78 is 2.11. The highest BCUT2D eigenvalue weighted by Crippen LogP contribution is 2.32. The number of benzene rings is 1. The van der Waals surface area contributed by atoms with Gasteiger partial charge in [0.1, 0.15) is 0 Å². The molecule has 0 aliphatic rings. The molecule has 0 amide bonds. The van der Waals surface area contributed by atoms with Gasteiger partial charge in [0.05, 0.1) is 22.7 Å². The minimum Gasteiger partial charge on any atom is -0.391 e. The Morgan fingerprint density at radius 1 is 0.955 bits per heavy atom. The van der Waals surface area contributed by atoms with Crippen molar-refractivity contribution in [2.75, 3.05) is 0 Å². The van der Waals surface area contributed by atoms with Crippen LogP contribution in [0, 0.1) is 0 Å². The molecular formula is C18H14N2OS. The van der Waals surface area contributed by atoms with E-state index >= 15 is 0 Å². The molecule has 0 atom stereocenters. The second-order valence-electron chi connectivity index (χ2n) is 5.03. The average Bonchev–Trinajstić information content (AvgIpc) is 3.20. The number of rotatable bonds is 3. The minimum atomic E-state index is 0.0690. The van der Waals surface area contributed by atoms with Gasteiger partial charge in [-0.15, -0.1) is 11.3 Å². The highest BCUT2D eigenvalue weighted by molar-refractivity contribution is 7.15. The van der Waals surface area contributed by atoms with Crippen LogP contribution in [-0.4, -0.2) is 14.5 Å². The normalized spacial score (nSPS) is 11.1. The van der Waals surface area contributed by atoms with Crippen molar-refractivity contribution in [3.63, 3.8) is 0 Å². The Labute approximate surface area is 132 Å². The largest absolute Gasteiger partial charge is 0.391 e. The summed E-state index contributed by atoms with van der Waals surface area (Å²) in [5.41, 5.74) is 3.18. The van der Waals surface area contributed by atoms with Gasteiger partial charge in [-0.1, -0.05) is 36.4 Å². The molecule has 0 bridgehead atoms. The van der Waals surface area contributed by atoms with Gasteiger partial charge in [-0.2, -0.15) is 0 Å². The van der Waals surface area contributed by atoms with Crippen LogP contribution in [0.5, 0.6) is 0 Å². The van der Waals surface area contributed by atoms with Crippen molar-refractivity contribution in [2.24, 2.45) is 0 Å². The van der Waals surface area contributed by atoms with Crippen molar-refractivity contribution >= 4 is 16.9 Å². The van der Waals surface area contributed by atoms with Crippen LogP contribution in [0.15, 0.2) is 66.9 Å². The van der Waals surface area contributed by atoms with E-state index in [9.17, 15) is 5.11 Å². The molecule has 3 heterocycles. The average molecular weight is 306 g/mol. The fourth-order valence-electron chi connectivity index (χ4n) is 2.60. The van der Waals surface area contributed by atoms with Gasteiger partial charge in [-0.05, 0) is 24.3 Å². The zero-order chi connectivity index (χ0) is 14.9. The number of aliphatic hydroxyl groups is 1. The highest BCUT2D eigenvalue weighted by atomic mass is 32.1. The Morgan fingerprint density at radius 3 is 2.55 bits per heavy atom. The Balaban J connectivity index is 1.97. The van der Waals surface area contributed by atoms with Gasteiger partial charge in [0.15, 0.2) is 5.82 Å². The van der Waals surface area contributed by atoms with Crippen LogP contribution in [0.4, 0.5) is 0 Å². The van der Waals surface area contributed by atoms with E-state index in [-0.39, 0.29) is 6.61 Å². The van der Waals surface area contributed by atoms with Crippen LogP contribution in [0.1, 0.15) is 4.88 Å². The summed E-state index contributed by atoms with van der Waals surface area (Å²) >= 11 is 1.58. The van der Waals surface area contributed by atoms with Gasteiger partial charge in [0.2, 0.25) is 0 Å². The monoisotopic (exact) mass is 306 g/mol. The van der Waals surface area contributed by atoms with Gasteiger partial charge in [-0.25, -0.2) is 4.98 Å². The molecule has 1 aromatic carbocycles. The number of aliphatic hydroxyl groups excluding tert-OH is 1. The third kappa shape index (κ3) is 2.13. The zero-order valence-corrected chi connectivity index (χ0v) is 12.6. The van der Waals surface area contributed by atoms with Gasteiger partial charge < -0.3 is 5.11 Å². The molecule has 0 aliphatic carbocycles. The molecule has 0 saturated heterocycles. The van der Waals surface area contributed by atoms with E-state index in [4.69, 9.17) is 4.98 Å². The van der Waals surface area contributed by atoms with E-state index in [1.165, 1.54) is 0 Å². The summed E-state index contributed by atoms with van der Waals surface area (Å²) in [6.45, 7) is 0.0690. The van der Waals surface area contributed by atoms with Crippen LogP contribution < -0.4 is 0 Å².